The lowest BCUT2D eigenvalue weighted by molar-refractivity contribution is -0.134. The lowest BCUT2D eigenvalue weighted by Gasteiger charge is -2.43. The average molecular weight is 615 g/mol. The molecule has 222 valence electrons. The Morgan fingerprint density at radius 2 is 1.83 bits per heavy atom. The molecule has 8 nitrogen and oxygen atoms in total. The number of halogens is 4. The Morgan fingerprint density at radius 3 is 2.46 bits per heavy atom. The van der Waals surface area contributed by atoms with Crippen LogP contribution in [0, 0.1) is 35.2 Å². The number of rotatable bonds is 7. The topological polar surface area (TPSA) is 122 Å². The molecule has 0 radical (unpaired) electrons. The highest BCUT2D eigenvalue weighted by Gasteiger charge is 2.59. The van der Waals surface area contributed by atoms with Crippen LogP contribution in [0.15, 0.2) is 35.2 Å². The van der Waals surface area contributed by atoms with Crippen LogP contribution in [0.5, 0.6) is 0 Å². The number of carbonyl (C=O) groups excluding carboxylic acids is 2. The van der Waals surface area contributed by atoms with E-state index in [9.17, 15) is 36.3 Å². The van der Waals surface area contributed by atoms with Crippen molar-refractivity contribution < 1.29 is 41.0 Å². The van der Waals surface area contributed by atoms with Crippen LogP contribution in [-0.2, 0) is 19.4 Å². The fourth-order valence-corrected chi connectivity index (χ4v) is 9.01. The smallest absolute Gasteiger partial charge is 0.255 e. The zero-order chi connectivity index (χ0) is 29.7. The van der Waals surface area contributed by atoms with Crippen LogP contribution in [0.4, 0.5) is 18.9 Å². The van der Waals surface area contributed by atoms with E-state index in [2.05, 4.69) is 10.6 Å². The lowest BCUT2D eigenvalue weighted by atomic mass is 9.71. The first kappa shape index (κ1) is 29.8. The molecule has 6 atom stereocenters. The van der Waals surface area contributed by atoms with E-state index in [4.69, 9.17) is 16.3 Å². The van der Waals surface area contributed by atoms with Crippen LogP contribution >= 0.6 is 11.6 Å². The number of carbonyl (C=O) groups is 2. The lowest BCUT2D eigenvalue weighted by Crippen LogP contribution is -2.52. The highest BCUT2D eigenvalue weighted by molar-refractivity contribution is 7.92. The molecule has 0 spiro atoms. The van der Waals surface area contributed by atoms with Gasteiger partial charge in [0.05, 0.1) is 39.8 Å². The number of anilines is 1. The second-order valence-corrected chi connectivity index (χ2v) is 13.9. The van der Waals surface area contributed by atoms with Gasteiger partial charge in [-0.05, 0) is 61.6 Å². The van der Waals surface area contributed by atoms with E-state index in [1.54, 1.807) is 0 Å². The minimum Gasteiger partial charge on any atom is -0.389 e. The number of hydrogen-bond acceptors (Lipinski definition) is 6. The summed E-state index contributed by atoms with van der Waals surface area (Å²) in [5.41, 5.74) is -1.85. The first-order chi connectivity index (χ1) is 19.3. The molecule has 2 amide bonds. The molecule has 2 saturated carbocycles. The monoisotopic (exact) mass is 614 g/mol. The number of fused-ring (bicyclic) bond motifs is 2. The second kappa shape index (κ2) is 11.2. The van der Waals surface area contributed by atoms with E-state index in [1.807, 2.05) is 6.92 Å². The second-order valence-electron chi connectivity index (χ2n) is 11.3. The first-order valence-electron chi connectivity index (χ1n) is 13.4. The van der Waals surface area contributed by atoms with Crippen molar-refractivity contribution in [3.05, 3.63) is 58.4 Å². The molecule has 3 fully saturated rings. The van der Waals surface area contributed by atoms with Crippen LogP contribution in [0.2, 0.25) is 5.02 Å². The van der Waals surface area contributed by atoms with Gasteiger partial charge in [0.25, 0.3) is 5.91 Å². The van der Waals surface area contributed by atoms with Crippen molar-refractivity contribution in [1.29, 1.82) is 0 Å². The Labute approximate surface area is 240 Å². The van der Waals surface area contributed by atoms with Gasteiger partial charge in [0.2, 0.25) is 5.91 Å². The molecule has 2 aromatic carbocycles. The van der Waals surface area contributed by atoms with Gasteiger partial charge >= 0.3 is 0 Å². The summed E-state index contributed by atoms with van der Waals surface area (Å²) in [5.74, 6) is -6.75. The highest BCUT2D eigenvalue weighted by Crippen LogP contribution is 2.56. The maximum Gasteiger partial charge on any atom is 0.255 e. The quantitative estimate of drug-likeness (QED) is 0.401. The van der Waals surface area contributed by atoms with Gasteiger partial charge in [-0.15, -0.1) is 0 Å². The Hall–Kier alpha value is -2.67. The van der Waals surface area contributed by atoms with Gasteiger partial charge in [-0.2, -0.15) is 0 Å². The predicted octanol–water partition coefficient (Wildman–Crippen LogP) is 4.24. The third kappa shape index (κ3) is 5.71. The summed E-state index contributed by atoms with van der Waals surface area (Å²) in [6.07, 6.45) is 1.35. The van der Waals surface area contributed by atoms with E-state index in [-0.39, 0.29) is 58.3 Å². The number of sulfone groups is 1. The summed E-state index contributed by atoms with van der Waals surface area (Å²) in [4.78, 5) is 25.3. The number of hydrogen-bond donors (Lipinski definition) is 3. The fraction of sp³-hybridized carbons (Fsp3) is 0.500. The van der Waals surface area contributed by atoms with Crippen molar-refractivity contribution in [2.45, 2.75) is 60.8 Å². The molecular weight excluding hydrogens is 585 g/mol. The largest absolute Gasteiger partial charge is 0.389 e. The third-order valence-corrected chi connectivity index (χ3v) is 11.3. The molecule has 41 heavy (non-hydrogen) atoms. The van der Waals surface area contributed by atoms with Crippen LogP contribution in [-0.4, -0.2) is 55.4 Å². The highest BCUT2D eigenvalue weighted by atomic mass is 35.5. The molecule has 2 bridgehead atoms. The van der Waals surface area contributed by atoms with Crippen LogP contribution < -0.4 is 10.6 Å². The van der Waals surface area contributed by atoms with Crippen molar-refractivity contribution in [2.24, 2.45) is 17.8 Å². The van der Waals surface area contributed by atoms with E-state index in [0.29, 0.717) is 38.2 Å². The molecule has 1 heterocycles. The summed E-state index contributed by atoms with van der Waals surface area (Å²) in [6.45, 7) is 2.92. The van der Waals surface area contributed by atoms with Gasteiger partial charge in [0.15, 0.2) is 27.3 Å². The summed E-state index contributed by atoms with van der Waals surface area (Å²) in [5, 5.41) is 15.8. The Bertz CT molecular complexity index is 1460. The molecule has 2 aromatic rings. The number of benzene rings is 2. The maximum absolute atomic E-state index is 13.8. The molecule has 3 N–H and O–H groups in total. The van der Waals surface area contributed by atoms with Gasteiger partial charge in [-0.1, -0.05) is 18.5 Å². The molecule has 1 saturated heterocycles. The van der Waals surface area contributed by atoms with Gasteiger partial charge in [-0.3, -0.25) is 9.59 Å². The fourth-order valence-electron chi connectivity index (χ4n) is 6.63. The van der Waals surface area contributed by atoms with Crippen LogP contribution in [0.25, 0.3) is 0 Å². The van der Waals surface area contributed by atoms with Crippen molar-refractivity contribution in [2.75, 3.05) is 18.5 Å². The number of aliphatic hydroxyl groups is 1. The number of nitrogens with one attached hydrogen (secondary N) is 2. The van der Waals surface area contributed by atoms with Crippen molar-refractivity contribution >= 4 is 38.9 Å². The van der Waals surface area contributed by atoms with Crippen LogP contribution in [0.3, 0.4) is 0 Å². The predicted molar refractivity (Wildman–Crippen MR) is 144 cm³/mol. The van der Waals surface area contributed by atoms with Crippen molar-refractivity contribution in [1.82, 2.24) is 5.32 Å². The summed E-state index contributed by atoms with van der Waals surface area (Å²) in [6, 6.07) is 4.68. The van der Waals surface area contributed by atoms with Crippen molar-refractivity contribution in [3.8, 4) is 0 Å². The third-order valence-electron chi connectivity index (χ3n) is 8.68. The molecule has 5 rings (SSSR count). The summed E-state index contributed by atoms with van der Waals surface area (Å²) in [7, 11) is -4.10. The number of amides is 2. The summed E-state index contributed by atoms with van der Waals surface area (Å²) < 4.78 is 73.4. The zero-order valence-corrected chi connectivity index (χ0v) is 23.7. The molecule has 3 unspecified atom stereocenters. The molecule has 1 aliphatic heterocycles. The standard InChI is InChI=1S/C28H30ClF3N2O6S/c1-14-6-16-8-19(11-20(14)28(16,37)12-25(35)33-17-4-5-40-13-17)41(38,39)24-7-15(2-3-21(24)29)27(36)34-18-9-22(30)26(32)23(31)10-18/h2-3,7,9-10,14,16-17,19-20,37H,4-6,8,11-13H2,1H3,(H,33,35)(H,34,36)/t14-,16?,17-,19?,20?,28+/m0/s1. The molecule has 3 aliphatic rings. The Balaban J connectivity index is 1.34. The van der Waals surface area contributed by atoms with E-state index in [1.165, 1.54) is 12.1 Å². The molecule has 2 aliphatic carbocycles. The first-order valence-corrected chi connectivity index (χ1v) is 15.3. The van der Waals surface area contributed by atoms with Gasteiger partial charge < -0.3 is 20.5 Å². The Kier molecular flexibility index (Phi) is 8.14. The maximum atomic E-state index is 13.8. The van der Waals surface area contributed by atoms with Gasteiger partial charge in [0, 0.05) is 30.0 Å². The zero-order valence-electron chi connectivity index (χ0n) is 22.1. The number of ether oxygens (including phenoxy) is 1. The Morgan fingerprint density at radius 1 is 1.12 bits per heavy atom. The average Bonchev–Trinajstić information content (AvgIpc) is 3.42. The van der Waals surface area contributed by atoms with E-state index >= 15 is 0 Å². The molecule has 13 heteroatoms. The van der Waals surface area contributed by atoms with Gasteiger partial charge in [0.1, 0.15) is 0 Å². The van der Waals surface area contributed by atoms with Crippen LogP contribution in [0.1, 0.15) is 49.4 Å². The minimum absolute atomic E-state index is 0.0168. The molecule has 0 aromatic heterocycles. The normalized spacial score (nSPS) is 29.4. The van der Waals surface area contributed by atoms with Crippen molar-refractivity contribution in [3.63, 3.8) is 0 Å². The van der Waals surface area contributed by atoms with E-state index < -0.39 is 55.9 Å². The van der Waals surface area contributed by atoms with E-state index in [0.717, 1.165) is 6.07 Å². The molecular formula is C28H30ClF3N2O6S. The SMILES string of the molecule is C[C@H]1CC2CC(S(=O)(=O)c3cc(C(=O)Nc4cc(F)c(F)c(F)c4)ccc3Cl)CC1[C@@]2(O)CC(=O)N[C@H]1CCOC1. The van der Waals surface area contributed by atoms with Gasteiger partial charge in [-0.25, -0.2) is 21.6 Å². The summed E-state index contributed by atoms with van der Waals surface area (Å²) >= 11 is 6.28. The minimum atomic E-state index is -4.10.